The van der Waals surface area contributed by atoms with E-state index in [2.05, 4.69) is 0 Å². The summed E-state index contributed by atoms with van der Waals surface area (Å²) in [5.74, 6) is -0.0952. The molecule has 1 aliphatic heterocycles. The summed E-state index contributed by atoms with van der Waals surface area (Å²) in [4.78, 5) is 23.5. The third-order valence-electron chi connectivity index (χ3n) is 4.19. The highest BCUT2D eigenvalue weighted by Crippen LogP contribution is 2.45. The van der Waals surface area contributed by atoms with E-state index in [0.29, 0.717) is 11.3 Å². The Morgan fingerprint density at radius 1 is 1.08 bits per heavy atom. The van der Waals surface area contributed by atoms with Gasteiger partial charge >= 0.3 is 11.9 Å². The van der Waals surface area contributed by atoms with Crippen molar-refractivity contribution in [2.24, 2.45) is 0 Å². The van der Waals surface area contributed by atoms with Gasteiger partial charge in [-0.3, -0.25) is 4.79 Å². The third-order valence-corrected chi connectivity index (χ3v) is 4.19. The molecule has 0 aromatic heterocycles. The molecule has 124 valence electrons. The number of carbonyl (C=O) groups is 2. The van der Waals surface area contributed by atoms with Crippen molar-refractivity contribution in [3.05, 3.63) is 53.1 Å². The molecule has 2 aromatic carbocycles. The molecular weight excluding hydrogens is 308 g/mol. The fourth-order valence-electron chi connectivity index (χ4n) is 3.02. The lowest BCUT2D eigenvalue weighted by Gasteiger charge is -2.30. The van der Waals surface area contributed by atoms with Crippen molar-refractivity contribution in [3.8, 4) is 16.9 Å². The van der Waals surface area contributed by atoms with Gasteiger partial charge in [0, 0.05) is 11.1 Å². The van der Waals surface area contributed by atoms with Crippen LogP contribution in [-0.2, 0) is 14.3 Å². The van der Waals surface area contributed by atoms with E-state index in [4.69, 9.17) is 14.2 Å². The summed E-state index contributed by atoms with van der Waals surface area (Å²) in [6.45, 7) is 1.97. The van der Waals surface area contributed by atoms with Crippen LogP contribution in [0, 0.1) is 6.92 Å². The smallest absolute Gasteiger partial charge is 0.337 e. The molecule has 24 heavy (non-hydrogen) atoms. The highest BCUT2D eigenvalue weighted by Gasteiger charge is 2.30. The maximum absolute atomic E-state index is 11.8. The number of esters is 2. The van der Waals surface area contributed by atoms with Gasteiger partial charge < -0.3 is 14.2 Å². The molecule has 0 saturated carbocycles. The molecule has 0 spiro atoms. The first-order chi connectivity index (χ1) is 11.5. The van der Waals surface area contributed by atoms with Crippen molar-refractivity contribution in [2.75, 3.05) is 14.2 Å². The Labute approximate surface area is 140 Å². The summed E-state index contributed by atoms with van der Waals surface area (Å²) in [5, 5.41) is 0. The van der Waals surface area contributed by atoms with Gasteiger partial charge in [-0.1, -0.05) is 18.2 Å². The highest BCUT2D eigenvalue weighted by molar-refractivity contribution is 5.92. The van der Waals surface area contributed by atoms with E-state index in [1.807, 2.05) is 25.1 Å². The lowest BCUT2D eigenvalue weighted by atomic mass is 9.88. The Bertz CT molecular complexity index is 809. The quantitative estimate of drug-likeness (QED) is 0.809. The number of rotatable bonds is 3. The van der Waals surface area contributed by atoms with Crippen LogP contribution in [0.5, 0.6) is 5.75 Å². The second-order valence-electron chi connectivity index (χ2n) is 5.63. The van der Waals surface area contributed by atoms with Crippen molar-refractivity contribution in [1.82, 2.24) is 0 Å². The van der Waals surface area contributed by atoms with Crippen LogP contribution in [0.15, 0.2) is 36.4 Å². The molecule has 0 bridgehead atoms. The minimum absolute atomic E-state index is 0.131. The van der Waals surface area contributed by atoms with Gasteiger partial charge in [-0.2, -0.15) is 0 Å². The van der Waals surface area contributed by atoms with Crippen molar-refractivity contribution in [3.63, 3.8) is 0 Å². The van der Waals surface area contributed by atoms with Gasteiger partial charge in [0.1, 0.15) is 11.9 Å². The fraction of sp³-hybridized carbons (Fsp3) is 0.263. The zero-order valence-corrected chi connectivity index (χ0v) is 13.8. The molecule has 1 atom stereocenters. The molecule has 5 heteroatoms. The van der Waals surface area contributed by atoms with Crippen LogP contribution < -0.4 is 4.74 Å². The van der Waals surface area contributed by atoms with E-state index in [1.165, 1.54) is 14.2 Å². The number of carbonyl (C=O) groups excluding carboxylic acids is 2. The van der Waals surface area contributed by atoms with Gasteiger partial charge in [-0.05, 0) is 36.2 Å². The number of hydrogen-bond acceptors (Lipinski definition) is 5. The second kappa shape index (κ2) is 6.35. The average molecular weight is 326 g/mol. The van der Waals surface area contributed by atoms with Gasteiger partial charge in [-0.25, -0.2) is 4.79 Å². The summed E-state index contributed by atoms with van der Waals surface area (Å²) in [6, 6.07) is 11.0. The lowest BCUT2D eigenvalue weighted by molar-refractivity contribution is -0.142. The molecule has 1 aliphatic rings. The molecule has 0 N–H and O–H groups in total. The minimum atomic E-state index is -0.412. The van der Waals surface area contributed by atoms with E-state index in [0.717, 1.165) is 22.3 Å². The summed E-state index contributed by atoms with van der Waals surface area (Å²) < 4.78 is 15.6. The summed E-state index contributed by atoms with van der Waals surface area (Å²) in [5.41, 5.74) is 4.19. The van der Waals surface area contributed by atoms with E-state index in [-0.39, 0.29) is 12.4 Å². The number of fused-ring (bicyclic) bond motifs is 3. The van der Waals surface area contributed by atoms with Crippen molar-refractivity contribution < 1.29 is 23.8 Å². The van der Waals surface area contributed by atoms with Crippen LogP contribution in [0.2, 0.25) is 0 Å². The van der Waals surface area contributed by atoms with Crippen molar-refractivity contribution >= 4 is 11.9 Å². The van der Waals surface area contributed by atoms with Crippen LogP contribution in [0.25, 0.3) is 11.1 Å². The molecule has 1 unspecified atom stereocenters. The Morgan fingerprint density at radius 3 is 2.58 bits per heavy atom. The van der Waals surface area contributed by atoms with E-state index >= 15 is 0 Å². The summed E-state index contributed by atoms with van der Waals surface area (Å²) in [6.07, 6.45) is -0.280. The monoisotopic (exact) mass is 326 g/mol. The maximum Gasteiger partial charge on any atom is 0.337 e. The Morgan fingerprint density at radius 2 is 1.88 bits per heavy atom. The lowest BCUT2D eigenvalue weighted by Crippen LogP contribution is -2.20. The molecule has 3 rings (SSSR count). The predicted molar refractivity (Wildman–Crippen MR) is 88.0 cm³/mol. The van der Waals surface area contributed by atoms with Gasteiger partial charge in [0.25, 0.3) is 0 Å². The van der Waals surface area contributed by atoms with Crippen LogP contribution >= 0.6 is 0 Å². The second-order valence-corrected chi connectivity index (χ2v) is 5.63. The number of aryl methyl sites for hydroxylation is 1. The van der Waals surface area contributed by atoms with Crippen LogP contribution in [0.1, 0.15) is 34.0 Å². The van der Waals surface area contributed by atoms with Crippen LogP contribution in [-0.4, -0.2) is 26.2 Å². The zero-order valence-electron chi connectivity index (χ0n) is 13.8. The number of hydrogen-bond donors (Lipinski definition) is 0. The zero-order chi connectivity index (χ0) is 17.3. The van der Waals surface area contributed by atoms with Crippen LogP contribution in [0.3, 0.4) is 0 Å². The molecular formula is C19H18O5. The highest BCUT2D eigenvalue weighted by atomic mass is 16.5. The molecule has 2 aromatic rings. The van der Waals surface area contributed by atoms with E-state index in [1.54, 1.807) is 18.2 Å². The maximum atomic E-state index is 11.8. The fourth-order valence-corrected chi connectivity index (χ4v) is 3.02. The Hall–Kier alpha value is -2.82. The normalized spacial score (nSPS) is 14.9. The molecule has 1 heterocycles. The van der Waals surface area contributed by atoms with Gasteiger partial charge in [0.2, 0.25) is 0 Å². The number of benzene rings is 2. The number of methoxy groups -OCH3 is 2. The van der Waals surface area contributed by atoms with Gasteiger partial charge in [0.05, 0.1) is 26.2 Å². The van der Waals surface area contributed by atoms with Gasteiger partial charge in [0.15, 0.2) is 0 Å². The molecule has 0 radical (unpaired) electrons. The first kappa shape index (κ1) is 16.1. The third kappa shape index (κ3) is 2.73. The standard InChI is InChI=1S/C19H18O5/c1-11-5-4-6-13-14-9-12(19(21)23-3)7-8-15(14)24-16(18(11)13)10-17(20)22-2/h4-9,16H,10H2,1-3H3. The Kier molecular flexibility index (Phi) is 4.25. The summed E-state index contributed by atoms with van der Waals surface area (Å²) in [7, 11) is 2.71. The van der Waals surface area contributed by atoms with Crippen molar-refractivity contribution in [2.45, 2.75) is 19.4 Å². The SMILES string of the molecule is COC(=O)CC1Oc2ccc(C(=O)OC)cc2-c2cccc(C)c21. The predicted octanol–water partition coefficient (Wildman–Crippen LogP) is 3.45. The largest absolute Gasteiger partial charge is 0.484 e. The minimum Gasteiger partial charge on any atom is -0.484 e. The van der Waals surface area contributed by atoms with Gasteiger partial charge in [-0.15, -0.1) is 0 Å². The van der Waals surface area contributed by atoms with E-state index < -0.39 is 12.1 Å². The topological polar surface area (TPSA) is 61.8 Å². The molecule has 0 amide bonds. The Balaban J connectivity index is 2.12. The van der Waals surface area contributed by atoms with Crippen LogP contribution in [0.4, 0.5) is 0 Å². The molecule has 0 aliphatic carbocycles. The molecule has 5 nitrogen and oxygen atoms in total. The summed E-state index contributed by atoms with van der Waals surface area (Å²) >= 11 is 0. The first-order valence-corrected chi connectivity index (χ1v) is 7.61. The molecule has 0 saturated heterocycles. The number of ether oxygens (including phenoxy) is 3. The van der Waals surface area contributed by atoms with Crippen molar-refractivity contribution in [1.29, 1.82) is 0 Å². The first-order valence-electron chi connectivity index (χ1n) is 7.61. The molecule has 0 fully saturated rings. The average Bonchev–Trinajstić information content (AvgIpc) is 2.60. The van der Waals surface area contributed by atoms with E-state index in [9.17, 15) is 9.59 Å².